The van der Waals surface area contributed by atoms with E-state index in [0.29, 0.717) is 23.2 Å². The average molecular weight is 482 g/mol. The standard InChI is InChI=1S/C25H26N2O8/c1-27(2)14-9-13(16-4-3-5-35-16)20(29)18-12(14)7-10-6-11-8-15(28)19(24(26)33)23(32)25(11,34)22(31)17(10)21(18)30/h3,5,9-11,16,28-29,31,34H,4,6-8H2,1-2H3,(H2,26,33)/t10-,11+,16?,25+/m1/s1. The summed E-state index contributed by atoms with van der Waals surface area (Å²) < 4.78 is 5.56. The number of phenolic OH excluding ortho intramolecular Hbond substituents is 1. The number of ether oxygens (including phenoxy) is 1. The van der Waals surface area contributed by atoms with Crippen LogP contribution < -0.4 is 10.6 Å². The lowest BCUT2D eigenvalue weighted by Crippen LogP contribution is -2.57. The maximum atomic E-state index is 13.8. The first-order valence-electron chi connectivity index (χ1n) is 11.3. The Labute approximate surface area is 200 Å². The molecule has 35 heavy (non-hydrogen) atoms. The molecular weight excluding hydrogens is 456 g/mol. The number of carbonyl (C=O) groups is 3. The smallest absolute Gasteiger partial charge is 0.255 e. The molecule has 0 fully saturated rings. The summed E-state index contributed by atoms with van der Waals surface area (Å²) in [6.07, 6.45) is 3.43. The summed E-state index contributed by atoms with van der Waals surface area (Å²) >= 11 is 0. The van der Waals surface area contributed by atoms with E-state index in [-0.39, 0.29) is 36.1 Å². The van der Waals surface area contributed by atoms with Gasteiger partial charge in [0.1, 0.15) is 28.9 Å². The van der Waals surface area contributed by atoms with Crippen LogP contribution in [0.25, 0.3) is 0 Å². The zero-order valence-electron chi connectivity index (χ0n) is 19.2. The van der Waals surface area contributed by atoms with E-state index >= 15 is 0 Å². The summed E-state index contributed by atoms with van der Waals surface area (Å²) in [6, 6.07) is 1.78. The van der Waals surface area contributed by atoms with E-state index in [1.54, 1.807) is 12.1 Å². The number of rotatable bonds is 3. The second-order valence-corrected chi connectivity index (χ2v) is 9.72. The minimum absolute atomic E-state index is 0.0154. The van der Waals surface area contributed by atoms with Gasteiger partial charge in [0, 0.05) is 49.7 Å². The first-order valence-corrected chi connectivity index (χ1v) is 11.3. The van der Waals surface area contributed by atoms with Gasteiger partial charge in [0.25, 0.3) is 5.91 Å². The fourth-order valence-corrected chi connectivity index (χ4v) is 5.92. The van der Waals surface area contributed by atoms with E-state index in [2.05, 4.69) is 0 Å². The molecule has 0 radical (unpaired) electrons. The summed E-state index contributed by atoms with van der Waals surface area (Å²) in [5, 5.41) is 43.9. The van der Waals surface area contributed by atoms with Gasteiger partial charge in [0.05, 0.1) is 11.8 Å². The van der Waals surface area contributed by atoms with Crippen LogP contribution in [0.5, 0.6) is 5.75 Å². The normalized spacial score (nSPS) is 29.5. The minimum atomic E-state index is -2.58. The number of nitrogens with two attached hydrogens (primary N) is 1. The van der Waals surface area contributed by atoms with Crippen LogP contribution in [0.2, 0.25) is 0 Å². The topological polar surface area (TPSA) is 171 Å². The van der Waals surface area contributed by atoms with Crippen molar-refractivity contribution in [3.05, 3.63) is 57.8 Å². The summed E-state index contributed by atoms with van der Waals surface area (Å²) in [6.45, 7) is 0. The van der Waals surface area contributed by atoms with Gasteiger partial charge < -0.3 is 35.8 Å². The van der Waals surface area contributed by atoms with E-state index in [1.165, 1.54) is 6.26 Å². The predicted octanol–water partition coefficient (Wildman–Crippen LogP) is 1.62. The molecule has 184 valence electrons. The predicted molar refractivity (Wildman–Crippen MR) is 123 cm³/mol. The number of phenols is 1. The zero-order chi connectivity index (χ0) is 25.4. The van der Waals surface area contributed by atoms with E-state index in [1.807, 2.05) is 19.0 Å². The third-order valence-electron chi connectivity index (χ3n) is 7.59. The third-order valence-corrected chi connectivity index (χ3v) is 7.59. The number of aliphatic hydroxyl groups is 3. The van der Waals surface area contributed by atoms with Crippen molar-refractivity contribution in [3.63, 3.8) is 0 Å². The lowest BCUT2D eigenvalue weighted by atomic mass is 9.60. The number of hydrogen-bond acceptors (Lipinski definition) is 9. The van der Waals surface area contributed by atoms with Gasteiger partial charge in [-0.2, -0.15) is 0 Å². The van der Waals surface area contributed by atoms with Crippen LogP contribution in [-0.4, -0.2) is 57.6 Å². The van der Waals surface area contributed by atoms with Gasteiger partial charge in [-0.15, -0.1) is 0 Å². The number of amides is 1. The summed E-state index contributed by atoms with van der Waals surface area (Å²) in [5.74, 6) is -6.40. The molecular formula is C25H26N2O8. The van der Waals surface area contributed by atoms with Crippen molar-refractivity contribution in [2.75, 3.05) is 19.0 Å². The van der Waals surface area contributed by atoms with Crippen molar-refractivity contribution in [3.8, 4) is 5.75 Å². The van der Waals surface area contributed by atoms with Crippen LogP contribution in [0.1, 0.15) is 46.9 Å². The fraction of sp³-hybridized carbons (Fsp3) is 0.400. The Balaban J connectivity index is 1.70. The highest BCUT2D eigenvalue weighted by molar-refractivity contribution is 6.24. The van der Waals surface area contributed by atoms with Crippen molar-refractivity contribution in [2.24, 2.45) is 17.6 Å². The monoisotopic (exact) mass is 482 g/mol. The molecule has 1 heterocycles. The molecule has 0 bridgehead atoms. The molecule has 3 aliphatic carbocycles. The van der Waals surface area contributed by atoms with Gasteiger partial charge in [-0.05, 0) is 36.5 Å². The van der Waals surface area contributed by atoms with Gasteiger partial charge >= 0.3 is 0 Å². The highest BCUT2D eigenvalue weighted by Gasteiger charge is 2.59. The van der Waals surface area contributed by atoms with Gasteiger partial charge in [0.2, 0.25) is 5.78 Å². The van der Waals surface area contributed by atoms with E-state index < -0.39 is 58.1 Å². The molecule has 0 spiro atoms. The van der Waals surface area contributed by atoms with E-state index in [9.17, 15) is 34.8 Å². The Morgan fingerprint density at radius 2 is 1.91 bits per heavy atom. The van der Waals surface area contributed by atoms with Crippen molar-refractivity contribution in [2.45, 2.75) is 37.4 Å². The number of ketones is 2. The second-order valence-electron chi connectivity index (χ2n) is 9.72. The Hall–Kier alpha value is -3.79. The van der Waals surface area contributed by atoms with Crippen molar-refractivity contribution in [1.82, 2.24) is 0 Å². The highest BCUT2D eigenvalue weighted by atomic mass is 16.5. The van der Waals surface area contributed by atoms with Gasteiger partial charge in [-0.3, -0.25) is 14.4 Å². The molecule has 5 rings (SSSR count). The molecule has 6 N–H and O–H groups in total. The van der Waals surface area contributed by atoms with Crippen molar-refractivity contribution >= 4 is 23.2 Å². The molecule has 1 aromatic carbocycles. The number of fused-ring (bicyclic) bond motifs is 3. The Morgan fingerprint density at radius 1 is 1.20 bits per heavy atom. The number of aromatic hydroxyl groups is 1. The first-order chi connectivity index (χ1) is 16.5. The number of Topliss-reactive ketones (excluding diaryl/α,β-unsaturated/α-hetero) is 2. The number of allylic oxidation sites excluding steroid dienone is 2. The molecule has 0 saturated heterocycles. The zero-order valence-corrected chi connectivity index (χ0v) is 19.2. The SMILES string of the molecule is CN(C)c1cc(C2CC=CO2)c(O)c2c1C[C@H]1C[C@H]3CC(O)=C(C(N)=O)C(=O)[C@@]3(O)C(O)=C1C2=O. The Bertz CT molecular complexity index is 1280. The van der Waals surface area contributed by atoms with Gasteiger partial charge in [-0.1, -0.05) is 0 Å². The Morgan fingerprint density at radius 3 is 2.51 bits per heavy atom. The molecule has 1 aromatic rings. The maximum absolute atomic E-state index is 13.8. The second kappa shape index (κ2) is 7.61. The van der Waals surface area contributed by atoms with Crippen LogP contribution in [0.15, 0.2) is 41.1 Å². The van der Waals surface area contributed by atoms with Crippen LogP contribution in [0.4, 0.5) is 5.69 Å². The van der Waals surface area contributed by atoms with Crippen LogP contribution >= 0.6 is 0 Å². The first kappa shape index (κ1) is 23.0. The fourth-order valence-electron chi connectivity index (χ4n) is 5.92. The van der Waals surface area contributed by atoms with Gasteiger partial charge in [0.15, 0.2) is 11.4 Å². The Kier molecular flexibility index (Phi) is 4.99. The summed E-state index contributed by atoms with van der Waals surface area (Å²) in [4.78, 5) is 40.4. The molecule has 1 amide bonds. The molecule has 10 nitrogen and oxygen atoms in total. The van der Waals surface area contributed by atoms with Crippen molar-refractivity contribution < 1.29 is 39.5 Å². The lowest BCUT2D eigenvalue weighted by Gasteiger charge is -2.46. The molecule has 0 saturated carbocycles. The molecule has 4 atom stereocenters. The van der Waals surface area contributed by atoms with E-state index in [4.69, 9.17) is 10.5 Å². The molecule has 0 aromatic heterocycles. The molecule has 1 unspecified atom stereocenters. The minimum Gasteiger partial charge on any atom is -0.511 e. The number of benzene rings is 1. The average Bonchev–Trinajstić information content (AvgIpc) is 3.30. The highest BCUT2D eigenvalue weighted by Crippen LogP contribution is 2.53. The van der Waals surface area contributed by atoms with Crippen LogP contribution in [0.3, 0.4) is 0 Å². The number of anilines is 1. The maximum Gasteiger partial charge on any atom is 0.255 e. The number of carbonyl (C=O) groups excluding carboxylic acids is 3. The third kappa shape index (κ3) is 3.02. The number of hydrogen-bond donors (Lipinski definition) is 5. The van der Waals surface area contributed by atoms with E-state index in [0.717, 1.165) is 0 Å². The lowest BCUT2D eigenvalue weighted by molar-refractivity contribution is -0.144. The molecule has 10 heteroatoms. The van der Waals surface area contributed by atoms with Gasteiger partial charge in [-0.25, -0.2) is 0 Å². The molecule has 4 aliphatic rings. The molecule has 1 aliphatic heterocycles. The van der Waals surface area contributed by atoms with Crippen LogP contribution in [0, 0.1) is 11.8 Å². The van der Waals surface area contributed by atoms with Crippen LogP contribution in [-0.2, 0) is 20.7 Å². The summed E-state index contributed by atoms with van der Waals surface area (Å²) in [7, 11) is 3.62. The number of primary amides is 1. The van der Waals surface area contributed by atoms with Crippen molar-refractivity contribution in [1.29, 1.82) is 0 Å². The largest absolute Gasteiger partial charge is 0.511 e. The number of aliphatic hydroxyl groups excluding tert-OH is 2. The quantitative estimate of drug-likeness (QED) is 0.402. The number of nitrogens with zero attached hydrogens (tertiary/aromatic N) is 1. The summed E-state index contributed by atoms with van der Waals surface area (Å²) in [5.41, 5.74) is 3.36.